The average Bonchev–Trinajstić information content (AvgIpc) is 2.00. The van der Waals surface area contributed by atoms with E-state index in [9.17, 15) is 4.79 Å². The van der Waals surface area contributed by atoms with Crippen molar-refractivity contribution in [1.82, 2.24) is 10.2 Å². The second-order valence-corrected chi connectivity index (χ2v) is 3.05. The third-order valence-electron chi connectivity index (χ3n) is 1.49. The minimum Gasteiger partial charge on any atom is -0.355 e. The maximum absolute atomic E-state index is 11.0. The summed E-state index contributed by atoms with van der Waals surface area (Å²) in [6.45, 7) is 2.19. The Morgan fingerprint density at radius 2 is 2.17 bits per heavy atom. The van der Waals surface area contributed by atoms with Gasteiger partial charge in [0.05, 0.1) is 0 Å². The van der Waals surface area contributed by atoms with Crippen LogP contribution in [0.15, 0.2) is 0 Å². The molecular weight excluding hydrogens is 154 g/mol. The Hall–Kier alpha value is -0.610. The van der Waals surface area contributed by atoms with E-state index in [-0.39, 0.29) is 5.91 Å². The van der Waals surface area contributed by atoms with Gasteiger partial charge in [0.1, 0.15) is 0 Å². The van der Waals surface area contributed by atoms with E-state index in [1.165, 1.54) is 0 Å². The molecule has 0 aliphatic carbocycles. The smallest absolute Gasteiger partial charge is 0.220 e. The number of amides is 1. The number of carbonyl (C=O) groups is 1. The van der Waals surface area contributed by atoms with Gasteiger partial charge in [0.25, 0.3) is 0 Å². The number of carbonyl (C=O) groups excluding carboxylic acids is 1. The molecule has 12 heavy (non-hydrogen) atoms. The number of hydrogen-bond acceptors (Lipinski definition) is 3. The number of nitrogens with zero attached hydrogens (tertiary/aromatic N) is 1. The molecule has 0 spiro atoms. The maximum atomic E-state index is 11.0. The fraction of sp³-hybridized carbons (Fsp3) is 0.875. The molecule has 3 N–H and O–H groups in total. The van der Waals surface area contributed by atoms with E-state index in [4.69, 9.17) is 5.73 Å². The van der Waals surface area contributed by atoms with E-state index in [1.807, 2.05) is 19.0 Å². The van der Waals surface area contributed by atoms with Crippen molar-refractivity contribution in [1.29, 1.82) is 0 Å². The van der Waals surface area contributed by atoms with Crippen LogP contribution in [0.5, 0.6) is 0 Å². The summed E-state index contributed by atoms with van der Waals surface area (Å²) in [5, 5.41) is 2.81. The predicted octanol–water partition coefficient (Wildman–Crippen LogP) is -0.597. The van der Waals surface area contributed by atoms with Crippen molar-refractivity contribution in [3.8, 4) is 0 Å². The first-order valence-corrected chi connectivity index (χ1v) is 4.28. The Morgan fingerprint density at radius 1 is 1.50 bits per heavy atom. The van der Waals surface area contributed by atoms with Crippen LogP contribution < -0.4 is 11.1 Å². The molecule has 0 fully saturated rings. The van der Waals surface area contributed by atoms with E-state index in [0.717, 1.165) is 19.5 Å². The molecule has 0 atom stereocenters. The molecule has 0 aliphatic rings. The lowest BCUT2D eigenvalue weighted by molar-refractivity contribution is -0.121. The normalized spacial score (nSPS) is 10.3. The minimum atomic E-state index is 0.0994. The molecule has 0 aromatic carbocycles. The van der Waals surface area contributed by atoms with Crippen molar-refractivity contribution in [2.24, 2.45) is 5.73 Å². The summed E-state index contributed by atoms with van der Waals surface area (Å²) in [6, 6.07) is 0. The van der Waals surface area contributed by atoms with Crippen molar-refractivity contribution in [2.45, 2.75) is 12.8 Å². The van der Waals surface area contributed by atoms with Crippen LogP contribution in [-0.2, 0) is 4.79 Å². The maximum Gasteiger partial charge on any atom is 0.220 e. The Morgan fingerprint density at radius 3 is 2.67 bits per heavy atom. The quantitative estimate of drug-likeness (QED) is 0.564. The molecule has 1 amide bonds. The van der Waals surface area contributed by atoms with E-state index in [2.05, 4.69) is 5.32 Å². The van der Waals surface area contributed by atoms with E-state index in [0.29, 0.717) is 13.0 Å². The zero-order valence-corrected chi connectivity index (χ0v) is 7.97. The lowest BCUT2D eigenvalue weighted by atomic mass is 10.3. The van der Waals surface area contributed by atoms with Crippen molar-refractivity contribution < 1.29 is 4.79 Å². The highest BCUT2D eigenvalue weighted by atomic mass is 16.1. The molecule has 4 nitrogen and oxygen atoms in total. The summed E-state index contributed by atoms with van der Waals surface area (Å²) in [4.78, 5) is 13.0. The van der Waals surface area contributed by atoms with Gasteiger partial charge in [-0.15, -0.1) is 0 Å². The summed E-state index contributed by atoms with van der Waals surface area (Å²) in [7, 11) is 3.96. The van der Waals surface area contributed by atoms with E-state index in [1.54, 1.807) is 0 Å². The number of likely N-dealkylation sites (N-methyl/N-ethyl adjacent to an activating group) is 1. The summed E-state index contributed by atoms with van der Waals surface area (Å²) in [6.07, 6.45) is 1.32. The van der Waals surface area contributed by atoms with Gasteiger partial charge in [-0.05, 0) is 27.1 Å². The Balaban J connectivity index is 3.20. The molecule has 4 heteroatoms. The van der Waals surface area contributed by atoms with Crippen LogP contribution in [0, 0.1) is 0 Å². The fourth-order valence-electron chi connectivity index (χ4n) is 0.770. The third-order valence-corrected chi connectivity index (χ3v) is 1.49. The van der Waals surface area contributed by atoms with Crippen LogP contribution in [0.2, 0.25) is 0 Å². The highest BCUT2D eigenvalue weighted by Gasteiger charge is 1.98. The van der Waals surface area contributed by atoms with E-state index >= 15 is 0 Å². The zero-order valence-electron chi connectivity index (χ0n) is 7.97. The molecular formula is C8H19N3O. The second kappa shape index (κ2) is 7.06. The number of nitrogens with two attached hydrogens (primary N) is 1. The fourth-order valence-corrected chi connectivity index (χ4v) is 0.770. The van der Waals surface area contributed by atoms with Crippen LogP contribution in [0.1, 0.15) is 12.8 Å². The number of nitrogens with one attached hydrogen (secondary N) is 1. The zero-order chi connectivity index (χ0) is 9.40. The van der Waals surface area contributed by atoms with Gasteiger partial charge in [-0.2, -0.15) is 0 Å². The van der Waals surface area contributed by atoms with Crippen molar-refractivity contribution >= 4 is 5.91 Å². The van der Waals surface area contributed by atoms with Crippen molar-refractivity contribution in [3.63, 3.8) is 0 Å². The molecule has 72 valence electrons. The van der Waals surface area contributed by atoms with Gasteiger partial charge in [-0.3, -0.25) is 4.79 Å². The molecule has 0 bridgehead atoms. The second-order valence-electron chi connectivity index (χ2n) is 3.05. The topological polar surface area (TPSA) is 58.4 Å². The van der Waals surface area contributed by atoms with Gasteiger partial charge in [-0.25, -0.2) is 0 Å². The Kier molecular flexibility index (Phi) is 6.70. The van der Waals surface area contributed by atoms with Crippen LogP contribution in [0.4, 0.5) is 0 Å². The molecule has 0 aliphatic heterocycles. The van der Waals surface area contributed by atoms with Gasteiger partial charge in [0.2, 0.25) is 5.91 Å². The molecule has 0 aromatic heterocycles. The summed E-state index contributed by atoms with van der Waals surface area (Å²) < 4.78 is 0. The number of rotatable bonds is 6. The van der Waals surface area contributed by atoms with Gasteiger partial charge in [0, 0.05) is 19.5 Å². The first kappa shape index (κ1) is 11.4. The highest BCUT2D eigenvalue weighted by Crippen LogP contribution is 1.84. The summed E-state index contributed by atoms with van der Waals surface area (Å²) in [5.74, 6) is 0.0994. The third kappa shape index (κ3) is 7.50. The Labute approximate surface area is 74.1 Å². The van der Waals surface area contributed by atoms with Gasteiger partial charge >= 0.3 is 0 Å². The van der Waals surface area contributed by atoms with Crippen molar-refractivity contribution in [2.75, 3.05) is 33.7 Å². The lowest BCUT2D eigenvalue weighted by Crippen LogP contribution is -2.31. The average molecular weight is 173 g/mol. The molecule has 0 saturated carbocycles. The molecule has 0 aromatic rings. The number of hydrogen-bond donors (Lipinski definition) is 2. The van der Waals surface area contributed by atoms with Crippen LogP contribution in [0.25, 0.3) is 0 Å². The van der Waals surface area contributed by atoms with Crippen LogP contribution in [-0.4, -0.2) is 44.5 Å². The molecule has 0 heterocycles. The summed E-state index contributed by atoms with van der Waals surface area (Å²) >= 11 is 0. The predicted molar refractivity (Wildman–Crippen MR) is 49.9 cm³/mol. The minimum absolute atomic E-state index is 0.0994. The Bertz CT molecular complexity index is 125. The summed E-state index contributed by atoms with van der Waals surface area (Å²) in [5.41, 5.74) is 5.27. The molecule has 0 saturated heterocycles. The monoisotopic (exact) mass is 173 g/mol. The first-order valence-electron chi connectivity index (χ1n) is 4.28. The molecule has 0 radical (unpaired) electrons. The molecule has 0 unspecified atom stereocenters. The van der Waals surface area contributed by atoms with Crippen molar-refractivity contribution in [3.05, 3.63) is 0 Å². The van der Waals surface area contributed by atoms with Gasteiger partial charge in [0.15, 0.2) is 0 Å². The van der Waals surface area contributed by atoms with E-state index < -0.39 is 0 Å². The largest absolute Gasteiger partial charge is 0.355 e. The van der Waals surface area contributed by atoms with Crippen LogP contribution >= 0.6 is 0 Å². The molecule has 0 rings (SSSR count). The van der Waals surface area contributed by atoms with Gasteiger partial charge < -0.3 is 16.0 Å². The SMILES string of the molecule is CN(C)CCNC(=O)CCCN. The first-order chi connectivity index (χ1) is 5.66. The van der Waals surface area contributed by atoms with Crippen LogP contribution in [0.3, 0.4) is 0 Å². The highest BCUT2D eigenvalue weighted by molar-refractivity contribution is 5.75. The van der Waals surface area contributed by atoms with Gasteiger partial charge in [-0.1, -0.05) is 0 Å². The lowest BCUT2D eigenvalue weighted by Gasteiger charge is -2.09. The standard InChI is InChI=1S/C8H19N3O/c1-11(2)7-6-10-8(12)4-3-5-9/h3-7,9H2,1-2H3,(H,10,12).